The zero-order valence-corrected chi connectivity index (χ0v) is 9.31. The van der Waals surface area contributed by atoms with Crippen LogP contribution in [0, 0.1) is 17.0 Å². The molecule has 2 N–H and O–H groups in total. The van der Waals surface area contributed by atoms with Crippen LogP contribution in [0.5, 0.6) is 0 Å². The van der Waals surface area contributed by atoms with E-state index in [1.54, 1.807) is 12.1 Å². The van der Waals surface area contributed by atoms with Crippen LogP contribution in [0.2, 0.25) is 0 Å². The molecule has 16 heavy (non-hydrogen) atoms. The van der Waals surface area contributed by atoms with Gasteiger partial charge in [0.2, 0.25) is 0 Å². The van der Waals surface area contributed by atoms with Crippen molar-refractivity contribution in [1.29, 1.82) is 0 Å². The summed E-state index contributed by atoms with van der Waals surface area (Å²) in [6.07, 6.45) is 4.91. The first kappa shape index (κ1) is 11.5. The SMILES string of the molecule is NCC1(Cc2cccc(F)c2F)CCCC1. The van der Waals surface area contributed by atoms with Crippen molar-refractivity contribution >= 4 is 0 Å². The van der Waals surface area contributed by atoms with Gasteiger partial charge in [-0.3, -0.25) is 0 Å². The lowest BCUT2D eigenvalue weighted by Gasteiger charge is -2.27. The Bertz CT molecular complexity index is 370. The summed E-state index contributed by atoms with van der Waals surface area (Å²) in [6.45, 7) is 0.558. The van der Waals surface area contributed by atoms with Crippen molar-refractivity contribution in [2.75, 3.05) is 6.54 Å². The van der Waals surface area contributed by atoms with Crippen molar-refractivity contribution in [2.24, 2.45) is 11.1 Å². The molecule has 0 atom stereocenters. The summed E-state index contributed by atoms with van der Waals surface area (Å²) in [5.74, 6) is -1.47. The Morgan fingerprint density at radius 2 is 1.88 bits per heavy atom. The van der Waals surface area contributed by atoms with Crippen molar-refractivity contribution in [2.45, 2.75) is 32.1 Å². The van der Waals surface area contributed by atoms with Crippen LogP contribution in [-0.2, 0) is 6.42 Å². The Balaban J connectivity index is 2.22. The number of hydrogen-bond acceptors (Lipinski definition) is 1. The third-order valence-electron chi connectivity index (χ3n) is 3.69. The highest BCUT2D eigenvalue weighted by molar-refractivity contribution is 5.21. The van der Waals surface area contributed by atoms with E-state index >= 15 is 0 Å². The average molecular weight is 225 g/mol. The van der Waals surface area contributed by atoms with Crippen LogP contribution in [0.15, 0.2) is 18.2 Å². The number of rotatable bonds is 3. The van der Waals surface area contributed by atoms with Crippen molar-refractivity contribution in [3.63, 3.8) is 0 Å². The lowest BCUT2D eigenvalue weighted by molar-refractivity contribution is 0.300. The first-order chi connectivity index (χ1) is 7.67. The monoisotopic (exact) mass is 225 g/mol. The molecule has 1 aromatic rings. The lowest BCUT2D eigenvalue weighted by atomic mass is 9.80. The number of benzene rings is 1. The fourth-order valence-electron chi connectivity index (χ4n) is 2.67. The molecule has 88 valence electrons. The van der Waals surface area contributed by atoms with Crippen LogP contribution in [0.25, 0.3) is 0 Å². The minimum absolute atomic E-state index is 0.00532. The van der Waals surface area contributed by atoms with Gasteiger partial charge in [-0.1, -0.05) is 25.0 Å². The Morgan fingerprint density at radius 3 is 2.50 bits per heavy atom. The van der Waals surface area contributed by atoms with Gasteiger partial charge < -0.3 is 5.73 Å². The maximum Gasteiger partial charge on any atom is 0.162 e. The zero-order valence-electron chi connectivity index (χ0n) is 9.31. The number of nitrogens with two attached hydrogens (primary N) is 1. The fourth-order valence-corrected chi connectivity index (χ4v) is 2.67. The highest BCUT2D eigenvalue weighted by atomic mass is 19.2. The molecule has 0 aliphatic heterocycles. The maximum absolute atomic E-state index is 13.5. The van der Waals surface area contributed by atoms with Crippen LogP contribution >= 0.6 is 0 Å². The summed E-state index contributed by atoms with van der Waals surface area (Å²) in [4.78, 5) is 0. The molecule has 2 rings (SSSR count). The van der Waals surface area contributed by atoms with Gasteiger partial charge in [-0.25, -0.2) is 8.78 Å². The fraction of sp³-hybridized carbons (Fsp3) is 0.538. The van der Waals surface area contributed by atoms with Crippen molar-refractivity contribution in [3.8, 4) is 0 Å². The molecule has 0 amide bonds. The molecular weight excluding hydrogens is 208 g/mol. The van der Waals surface area contributed by atoms with E-state index in [0.29, 0.717) is 18.5 Å². The van der Waals surface area contributed by atoms with E-state index in [2.05, 4.69) is 0 Å². The molecule has 0 bridgehead atoms. The molecule has 1 aliphatic carbocycles. The lowest BCUT2D eigenvalue weighted by Crippen LogP contribution is -2.30. The minimum Gasteiger partial charge on any atom is -0.330 e. The largest absolute Gasteiger partial charge is 0.330 e. The molecule has 1 nitrogen and oxygen atoms in total. The Morgan fingerprint density at radius 1 is 1.19 bits per heavy atom. The van der Waals surface area contributed by atoms with Crippen molar-refractivity contribution < 1.29 is 8.78 Å². The zero-order chi connectivity index (χ0) is 11.6. The van der Waals surface area contributed by atoms with Crippen LogP contribution in [-0.4, -0.2) is 6.54 Å². The summed E-state index contributed by atoms with van der Waals surface area (Å²) in [7, 11) is 0. The molecule has 1 fully saturated rings. The second-order valence-electron chi connectivity index (χ2n) is 4.80. The Kier molecular flexibility index (Phi) is 3.24. The smallest absolute Gasteiger partial charge is 0.162 e. The van der Waals surface area contributed by atoms with Crippen LogP contribution in [0.3, 0.4) is 0 Å². The summed E-state index contributed by atoms with van der Waals surface area (Å²) in [6, 6.07) is 4.38. The standard InChI is InChI=1S/C13H17F2N/c14-11-5-3-4-10(12(11)15)8-13(9-16)6-1-2-7-13/h3-5H,1-2,6-9,16H2. The predicted molar refractivity (Wildman–Crippen MR) is 60.0 cm³/mol. The van der Waals surface area contributed by atoms with E-state index in [9.17, 15) is 8.78 Å². The van der Waals surface area contributed by atoms with Gasteiger partial charge in [-0.05, 0) is 42.9 Å². The minimum atomic E-state index is -0.761. The third-order valence-corrected chi connectivity index (χ3v) is 3.69. The number of halogens is 2. The van der Waals surface area contributed by atoms with Gasteiger partial charge in [0, 0.05) is 0 Å². The van der Waals surface area contributed by atoms with E-state index in [-0.39, 0.29) is 5.41 Å². The highest BCUT2D eigenvalue weighted by Gasteiger charge is 2.33. The second kappa shape index (κ2) is 4.50. The van der Waals surface area contributed by atoms with E-state index in [1.807, 2.05) is 0 Å². The van der Waals surface area contributed by atoms with E-state index in [4.69, 9.17) is 5.73 Å². The van der Waals surface area contributed by atoms with Gasteiger partial charge in [-0.2, -0.15) is 0 Å². The number of hydrogen-bond donors (Lipinski definition) is 1. The quantitative estimate of drug-likeness (QED) is 0.840. The third kappa shape index (κ3) is 2.09. The van der Waals surface area contributed by atoms with E-state index < -0.39 is 11.6 Å². The van der Waals surface area contributed by atoms with Crippen LogP contribution < -0.4 is 5.73 Å². The first-order valence-electron chi connectivity index (χ1n) is 5.80. The van der Waals surface area contributed by atoms with Gasteiger partial charge in [0.05, 0.1) is 0 Å². The maximum atomic E-state index is 13.5. The van der Waals surface area contributed by atoms with Gasteiger partial charge >= 0.3 is 0 Å². The van der Waals surface area contributed by atoms with E-state index in [1.165, 1.54) is 0 Å². The Labute approximate surface area is 94.7 Å². The molecule has 0 unspecified atom stereocenters. The predicted octanol–water partition coefficient (Wildman–Crippen LogP) is 3.03. The molecule has 1 aromatic carbocycles. The summed E-state index contributed by atoms with van der Waals surface area (Å²) >= 11 is 0. The van der Waals surface area contributed by atoms with E-state index in [0.717, 1.165) is 31.7 Å². The normalized spacial score (nSPS) is 18.9. The molecule has 0 heterocycles. The summed E-state index contributed by atoms with van der Waals surface area (Å²) in [5, 5.41) is 0. The van der Waals surface area contributed by atoms with Gasteiger partial charge in [0.1, 0.15) is 0 Å². The molecule has 0 radical (unpaired) electrons. The second-order valence-corrected chi connectivity index (χ2v) is 4.80. The molecule has 0 spiro atoms. The van der Waals surface area contributed by atoms with Crippen molar-refractivity contribution in [1.82, 2.24) is 0 Å². The van der Waals surface area contributed by atoms with Crippen LogP contribution in [0.4, 0.5) is 8.78 Å². The summed E-state index contributed by atoms with van der Waals surface area (Å²) in [5.41, 5.74) is 6.25. The Hall–Kier alpha value is -0.960. The first-order valence-corrected chi connectivity index (χ1v) is 5.80. The molecule has 1 saturated carbocycles. The topological polar surface area (TPSA) is 26.0 Å². The highest BCUT2D eigenvalue weighted by Crippen LogP contribution is 2.40. The molecule has 0 aromatic heterocycles. The van der Waals surface area contributed by atoms with Crippen LogP contribution in [0.1, 0.15) is 31.2 Å². The summed E-state index contributed by atoms with van der Waals surface area (Å²) < 4.78 is 26.6. The molecule has 1 aliphatic rings. The molecule has 0 saturated heterocycles. The molecular formula is C13H17F2N. The van der Waals surface area contributed by atoms with Gasteiger partial charge in [0.15, 0.2) is 11.6 Å². The van der Waals surface area contributed by atoms with Gasteiger partial charge in [-0.15, -0.1) is 0 Å². The average Bonchev–Trinajstić information content (AvgIpc) is 2.74. The molecule has 3 heteroatoms. The van der Waals surface area contributed by atoms with Crippen molar-refractivity contribution in [3.05, 3.63) is 35.4 Å². The van der Waals surface area contributed by atoms with Gasteiger partial charge in [0.25, 0.3) is 0 Å².